The fourth-order valence-corrected chi connectivity index (χ4v) is 3.38. The number of rotatable bonds is 11. The van der Waals surface area contributed by atoms with E-state index in [1.54, 1.807) is 11.8 Å². The van der Waals surface area contributed by atoms with Crippen LogP contribution < -0.4 is 16.8 Å². The molecular formula is C16H30N4O4S. The number of amides is 2. The number of likely N-dealkylation sites (tertiary alicyclic amines) is 1. The van der Waals surface area contributed by atoms with Gasteiger partial charge in [0.05, 0.1) is 6.04 Å². The number of carboxylic acids is 1. The van der Waals surface area contributed by atoms with E-state index in [0.29, 0.717) is 45.2 Å². The largest absolute Gasteiger partial charge is 0.480 e. The smallest absolute Gasteiger partial charge is 0.326 e. The summed E-state index contributed by atoms with van der Waals surface area (Å²) in [6, 6.07) is -2.24. The number of hydrogen-bond donors (Lipinski definition) is 4. The van der Waals surface area contributed by atoms with Gasteiger partial charge in [-0.3, -0.25) is 9.59 Å². The number of thioether (sulfide) groups is 1. The molecule has 144 valence electrons. The average molecular weight is 375 g/mol. The van der Waals surface area contributed by atoms with Crippen LogP contribution in [0, 0.1) is 0 Å². The summed E-state index contributed by atoms with van der Waals surface area (Å²) in [7, 11) is 0. The van der Waals surface area contributed by atoms with E-state index < -0.39 is 24.1 Å². The van der Waals surface area contributed by atoms with Gasteiger partial charge in [-0.2, -0.15) is 11.8 Å². The van der Waals surface area contributed by atoms with E-state index in [4.69, 9.17) is 11.5 Å². The van der Waals surface area contributed by atoms with Crippen molar-refractivity contribution in [3.8, 4) is 0 Å². The van der Waals surface area contributed by atoms with Crippen molar-refractivity contribution in [2.45, 2.75) is 56.7 Å². The van der Waals surface area contributed by atoms with Crippen LogP contribution in [0.1, 0.15) is 38.5 Å². The Kier molecular flexibility index (Phi) is 9.84. The fraction of sp³-hybridized carbons (Fsp3) is 0.812. The summed E-state index contributed by atoms with van der Waals surface area (Å²) in [5.74, 6) is -0.957. The maximum atomic E-state index is 12.8. The Hall–Kier alpha value is -1.32. The minimum Gasteiger partial charge on any atom is -0.480 e. The van der Waals surface area contributed by atoms with Crippen molar-refractivity contribution in [2.24, 2.45) is 11.5 Å². The zero-order chi connectivity index (χ0) is 18.8. The molecule has 0 spiro atoms. The molecule has 25 heavy (non-hydrogen) atoms. The second-order valence-corrected chi connectivity index (χ2v) is 7.25. The molecule has 1 aliphatic rings. The van der Waals surface area contributed by atoms with Gasteiger partial charge >= 0.3 is 5.97 Å². The number of carbonyl (C=O) groups is 3. The monoisotopic (exact) mass is 374 g/mol. The number of aliphatic carboxylic acids is 1. The van der Waals surface area contributed by atoms with E-state index in [1.807, 2.05) is 6.26 Å². The van der Waals surface area contributed by atoms with Crippen LogP contribution in [-0.4, -0.2) is 71.0 Å². The minimum absolute atomic E-state index is 0.340. The summed E-state index contributed by atoms with van der Waals surface area (Å²) in [5, 5.41) is 12.0. The topological polar surface area (TPSA) is 139 Å². The van der Waals surface area contributed by atoms with Gasteiger partial charge in [0.2, 0.25) is 11.8 Å². The first-order valence-electron chi connectivity index (χ1n) is 8.70. The molecule has 0 aromatic heterocycles. The van der Waals surface area contributed by atoms with Gasteiger partial charge < -0.3 is 26.8 Å². The molecule has 6 N–H and O–H groups in total. The summed E-state index contributed by atoms with van der Waals surface area (Å²) in [5.41, 5.74) is 11.4. The number of nitrogens with one attached hydrogen (secondary N) is 1. The molecule has 0 radical (unpaired) electrons. The van der Waals surface area contributed by atoms with Crippen molar-refractivity contribution in [3.05, 3.63) is 0 Å². The quantitative estimate of drug-likeness (QED) is 0.366. The highest BCUT2D eigenvalue weighted by atomic mass is 32.2. The Morgan fingerprint density at radius 1 is 1.32 bits per heavy atom. The molecule has 0 bridgehead atoms. The Labute approximate surface area is 153 Å². The number of carboxylic acid groups (broad SMARTS) is 1. The van der Waals surface area contributed by atoms with E-state index in [1.165, 1.54) is 4.90 Å². The lowest BCUT2D eigenvalue weighted by Crippen LogP contribution is -2.54. The lowest BCUT2D eigenvalue weighted by Gasteiger charge is -2.28. The lowest BCUT2D eigenvalue weighted by molar-refractivity contribution is -0.149. The first-order chi connectivity index (χ1) is 11.9. The Bertz CT molecular complexity index is 463. The third-order valence-electron chi connectivity index (χ3n) is 4.35. The number of nitrogens with two attached hydrogens (primary N) is 2. The predicted octanol–water partition coefficient (Wildman–Crippen LogP) is -0.244. The van der Waals surface area contributed by atoms with Gasteiger partial charge in [-0.25, -0.2) is 4.79 Å². The van der Waals surface area contributed by atoms with Gasteiger partial charge in [-0.05, 0) is 57.1 Å². The van der Waals surface area contributed by atoms with Crippen molar-refractivity contribution in [3.63, 3.8) is 0 Å². The molecule has 0 aliphatic carbocycles. The molecule has 9 heteroatoms. The summed E-state index contributed by atoms with van der Waals surface area (Å²) in [4.78, 5) is 37.8. The van der Waals surface area contributed by atoms with Crippen molar-refractivity contribution < 1.29 is 19.5 Å². The Morgan fingerprint density at radius 2 is 2.04 bits per heavy atom. The molecular weight excluding hydrogens is 344 g/mol. The van der Waals surface area contributed by atoms with E-state index >= 15 is 0 Å². The van der Waals surface area contributed by atoms with Crippen molar-refractivity contribution in [1.82, 2.24) is 10.2 Å². The van der Waals surface area contributed by atoms with E-state index in [2.05, 4.69) is 5.32 Å². The number of nitrogens with zero attached hydrogens (tertiary/aromatic N) is 1. The van der Waals surface area contributed by atoms with Crippen LogP contribution in [0.5, 0.6) is 0 Å². The molecule has 1 saturated heterocycles. The third-order valence-corrected chi connectivity index (χ3v) is 5.00. The van der Waals surface area contributed by atoms with Gasteiger partial charge in [0.25, 0.3) is 0 Å². The van der Waals surface area contributed by atoms with Crippen LogP contribution >= 0.6 is 11.8 Å². The average Bonchev–Trinajstić information content (AvgIpc) is 3.08. The molecule has 1 aliphatic heterocycles. The van der Waals surface area contributed by atoms with Gasteiger partial charge in [-0.1, -0.05) is 0 Å². The van der Waals surface area contributed by atoms with Gasteiger partial charge in [0.15, 0.2) is 0 Å². The number of carbonyl (C=O) groups excluding carboxylic acids is 2. The number of hydrogen-bond acceptors (Lipinski definition) is 6. The second kappa shape index (κ2) is 11.3. The summed E-state index contributed by atoms with van der Waals surface area (Å²) in [6.07, 6.45) is 5.40. The van der Waals surface area contributed by atoms with Crippen LogP contribution in [0.25, 0.3) is 0 Å². The van der Waals surface area contributed by atoms with Crippen molar-refractivity contribution in [1.29, 1.82) is 0 Å². The highest BCUT2D eigenvalue weighted by molar-refractivity contribution is 7.98. The molecule has 1 fully saturated rings. The molecule has 0 unspecified atom stereocenters. The van der Waals surface area contributed by atoms with Crippen molar-refractivity contribution in [2.75, 3.05) is 25.1 Å². The Balaban J connectivity index is 2.75. The van der Waals surface area contributed by atoms with Crippen LogP contribution in [0.4, 0.5) is 0 Å². The molecule has 2 amide bonds. The van der Waals surface area contributed by atoms with Crippen molar-refractivity contribution >= 4 is 29.5 Å². The molecule has 0 aromatic rings. The SMILES string of the molecule is CSCC[C@H](N)C(=O)N[C@@H](CCCCN)C(=O)N1CCC[C@H]1C(=O)O. The van der Waals surface area contributed by atoms with Crippen LogP contribution in [0.3, 0.4) is 0 Å². The van der Waals surface area contributed by atoms with E-state index in [9.17, 15) is 19.5 Å². The second-order valence-electron chi connectivity index (χ2n) is 6.26. The fourth-order valence-electron chi connectivity index (χ4n) is 2.89. The maximum Gasteiger partial charge on any atom is 0.326 e. The first-order valence-corrected chi connectivity index (χ1v) is 10.1. The zero-order valence-corrected chi connectivity index (χ0v) is 15.6. The van der Waals surface area contributed by atoms with Crippen LogP contribution in [0.2, 0.25) is 0 Å². The van der Waals surface area contributed by atoms with Gasteiger partial charge in [0, 0.05) is 6.54 Å². The molecule has 3 atom stereocenters. The van der Waals surface area contributed by atoms with Gasteiger partial charge in [-0.15, -0.1) is 0 Å². The molecule has 1 heterocycles. The predicted molar refractivity (Wildman–Crippen MR) is 98.2 cm³/mol. The summed E-state index contributed by atoms with van der Waals surface area (Å²) < 4.78 is 0. The summed E-state index contributed by atoms with van der Waals surface area (Å²) in [6.45, 7) is 0.904. The lowest BCUT2D eigenvalue weighted by atomic mass is 10.1. The highest BCUT2D eigenvalue weighted by Crippen LogP contribution is 2.20. The van der Waals surface area contributed by atoms with Crippen LogP contribution in [-0.2, 0) is 14.4 Å². The molecule has 1 rings (SSSR count). The third kappa shape index (κ3) is 6.83. The first kappa shape index (κ1) is 21.7. The highest BCUT2D eigenvalue weighted by Gasteiger charge is 2.37. The van der Waals surface area contributed by atoms with E-state index in [-0.39, 0.29) is 11.8 Å². The summed E-state index contributed by atoms with van der Waals surface area (Å²) >= 11 is 1.60. The van der Waals surface area contributed by atoms with E-state index in [0.717, 1.165) is 12.2 Å². The zero-order valence-electron chi connectivity index (χ0n) is 14.8. The minimum atomic E-state index is -1.01. The Morgan fingerprint density at radius 3 is 2.64 bits per heavy atom. The van der Waals surface area contributed by atoms with Crippen LogP contribution in [0.15, 0.2) is 0 Å². The number of unbranched alkanes of at least 4 members (excludes halogenated alkanes) is 1. The molecule has 8 nitrogen and oxygen atoms in total. The molecule has 0 aromatic carbocycles. The standard InChI is InChI=1S/C16H30N4O4S/c1-25-10-7-11(18)14(21)19-12(5-2-3-8-17)15(22)20-9-4-6-13(20)16(23)24/h11-13H,2-10,17-18H2,1H3,(H,19,21)(H,23,24)/t11-,12-,13-/m0/s1. The van der Waals surface area contributed by atoms with Gasteiger partial charge in [0.1, 0.15) is 12.1 Å². The normalized spacial score (nSPS) is 19.5. The molecule has 0 saturated carbocycles. The maximum absolute atomic E-state index is 12.8.